The van der Waals surface area contributed by atoms with Gasteiger partial charge in [-0.05, 0) is 98.7 Å². The van der Waals surface area contributed by atoms with Crippen molar-refractivity contribution in [2.75, 3.05) is 53.3 Å². The molecule has 88 heavy (non-hydrogen) atoms. The zero-order chi connectivity index (χ0) is 63.6. The van der Waals surface area contributed by atoms with Gasteiger partial charge in [-0.3, -0.25) is 10.1 Å². The highest BCUT2D eigenvalue weighted by Crippen LogP contribution is 2.68. The van der Waals surface area contributed by atoms with Crippen LogP contribution in [0.3, 0.4) is 0 Å². The number of fused-ring (bicyclic) bond motifs is 5. The number of Topliss-reactive ketones (excluding diaryl/α,β-unsaturated/α-hetero) is 1. The number of ether oxygens (including phenoxy) is 12. The molecule has 10 rings (SSSR count). The summed E-state index contributed by atoms with van der Waals surface area (Å²) in [6.45, 7) is 2.36. The number of aliphatic hydroxyl groups is 16. The SMILES string of the molecule is COC1(C(=O)OC2CC3C4CCC5CC(OC6OC(CO)C(OC7OC(CO)C(O)C(OC8OCC(O)C(O)C8O)C7OC7OC(CO)C(O)C(O)C7O)C(O)C6O)CCC5(C)C4CCC3(C)C2C(C)=O)CC(COC2OC(CO)C(O)C(O)C2O)CN1. The Bertz CT molecular complexity index is 2330. The topological polar surface area (TPSA) is 481 Å². The van der Waals surface area contributed by atoms with Gasteiger partial charge in [0.2, 0.25) is 5.72 Å². The summed E-state index contributed by atoms with van der Waals surface area (Å²) >= 11 is 0. The number of methoxy groups -OCH3 is 1. The van der Waals surface area contributed by atoms with E-state index in [2.05, 4.69) is 19.2 Å². The number of rotatable bonds is 19. The van der Waals surface area contributed by atoms with E-state index in [-0.39, 0.29) is 60.4 Å². The zero-order valence-corrected chi connectivity index (χ0v) is 49.7. The Balaban J connectivity index is 0.780. The minimum absolute atomic E-state index is 0.0340. The Morgan fingerprint density at radius 1 is 0.545 bits per heavy atom. The molecule has 6 heterocycles. The second kappa shape index (κ2) is 27.8. The average molecular weight is 1270 g/mol. The number of carbonyl (C=O) groups is 2. The summed E-state index contributed by atoms with van der Waals surface area (Å²) in [6, 6.07) is 0. The summed E-state index contributed by atoms with van der Waals surface area (Å²) in [6.07, 6.45) is -37.1. The minimum Gasteiger partial charge on any atom is -0.458 e. The number of ketones is 1. The lowest BCUT2D eigenvalue weighted by Crippen LogP contribution is -2.68. The first kappa shape index (κ1) is 68.9. The van der Waals surface area contributed by atoms with Crippen LogP contribution in [-0.4, -0.2) is 312 Å². The first-order valence-electron chi connectivity index (χ1n) is 30.9. The molecule has 0 aromatic heterocycles. The first-order valence-corrected chi connectivity index (χ1v) is 30.9. The Kier molecular flexibility index (Phi) is 21.7. The molecule has 6 aliphatic heterocycles. The highest BCUT2D eigenvalue weighted by Gasteiger charge is 2.66. The van der Waals surface area contributed by atoms with Gasteiger partial charge in [-0.25, -0.2) is 4.79 Å². The van der Waals surface area contributed by atoms with E-state index in [4.69, 9.17) is 56.8 Å². The molecule has 0 aromatic rings. The summed E-state index contributed by atoms with van der Waals surface area (Å²) in [5.74, 6) is -1.09. The highest BCUT2D eigenvalue weighted by atomic mass is 16.8. The van der Waals surface area contributed by atoms with E-state index in [0.29, 0.717) is 32.1 Å². The molecule has 0 radical (unpaired) electrons. The summed E-state index contributed by atoms with van der Waals surface area (Å²) in [5, 5.41) is 174. The number of aliphatic hydroxyl groups excluding tert-OH is 16. The lowest BCUT2D eigenvalue weighted by Gasteiger charge is -2.61. The smallest absolute Gasteiger partial charge is 0.354 e. The Hall–Kier alpha value is -1.98. The van der Waals surface area contributed by atoms with Crippen molar-refractivity contribution in [1.29, 1.82) is 0 Å². The van der Waals surface area contributed by atoms with Crippen molar-refractivity contribution in [3.05, 3.63) is 0 Å². The molecule has 35 atom stereocenters. The molecule has 0 bridgehead atoms. The second-order valence-corrected chi connectivity index (χ2v) is 26.7. The number of nitrogens with one attached hydrogen (secondary N) is 1. The standard InChI is InChI=1S/C57H93NO30/c1-21(63)34-29(85-54(76)57(77-4)13-22(14-58-57)19-78-49-43(73)39(69)36(66)30(15-59)81-49)12-27-25-6-5-23-11-24(7-9-55(23,2)26(25)8-10-56(27,34)3)80-51-45(75)41(71)46(33(18-62)84-51)86-53-48(88-52-44(74)40(70)37(67)31(16-60)82-52)47(38(68)32(17-61)83-53)87-50-42(72)35(65)28(64)20-79-50/h22-53,58-62,64-75H,5-20H2,1-4H3. The van der Waals surface area contributed by atoms with Crippen molar-refractivity contribution in [1.82, 2.24) is 5.32 Å². The van der Waals surface area contributed by atoms with Gasteiger partial charge < -0.3 is 139 Å². The van der Waals surface area contributed by atoms with E-state index in [0.717, 1.165) is 19.3 Å². The lowest BCUT2D eigenvalue weighted by atomic mass is 9.44. The van der Waals surface area contributed by atoms with Crippen molar-refractivity contribution in [3.63, 3.8) is 0 Å². The molecule has 4 saturated carbocycles. The summed E-state index contributed by atoms with van der Waals surface area (Å²) < 4.78 is 71.3. The van der Waals surface area contributed by atoms with Crippen LogP contribution < -0.4 is 5.32 Å². The van der Waals surface area contributed by atoms with Crippen LogP contribution in [0, 0.1) is 46.3 Å². The van der Waals surface area contributed by atoms with Crippen molar-refractivity contribution < 1.29 is 148 Å². The normalized spacial score (nSPS) is 53.2. The van der Waals surface area contributed by atoms with Crippen LogP contribution in [0.25, 0.3) is 0 Å². The molecule has 4 aliphatic carbocycles. The Morgan fingerprint density at radius 2 is 1.10 bits per heavy atom. The van der Waals surface area contributed by atoms with Crippen LogP contribution in [0.2, 0.25) is 0 Å². The monoisotopic (exact) mass is 1270 g/mol. The summed E-state index contributed by atoms with van der Waals surface area (Å²) in [5.41, 5.74) is -2.24. The van der Waals surface area contributed by atoms with E-state index in [9.17, 15) is 91.3 Å². The van der Waals surface area contributed by atoms with Gasteiger partial charge in [0.05, 0.1) is 51.7 Å². The quantitative estimate of drug-likeness (QED) is 0.0422. The largest absolute Gasteiger partial charge is 0.458 e. The third-order valence-electron chi connectivity index (χ3n) is 21.7. The Labute approximate surface area is 507 Å². The zero-order valence-electron chi connectivity index (χ0n) is 49.7. The fourth-order valence-electron chi connectivity index (χ4n) is 16.7. The van der Waals surface area contributed by atoms with E-state index in [1.54, 1.807) is 6.92 Å². The molecule has 6 saturated heterocycles. The fourth-order valence-corrected chi connectivity index (χ4v) is 16.7. The van der Waals surface area contributed by atoms with Crippen LogP contribution in [-0.2, 0) is 66.4 Å². The highest BCUT2D eigenvalue weighted by molar-refractivity contribution is 5.83. The second-order valence-electron chi connectivity index (χ2n) is 26.7. The summed E-state index contributed by atoms with van der Waals surface area (Å²) in [4.78, 5) is 28.1. The third-order valence-corrected chi connectivity index (χ3v) is 21.7. The van der Waals surface area contributed by atoms with E-state index < -0.39 is 216 Å². The van der Waals surface area contributed by atoms with Crippen molar-refractivity contribution >= 4 is 11.8 Å². The first-order chi connectivity index (χ1) is 41.8. The molecule has 17 N–H and O–H groups in total. The lowest BCUT2D eigenvalue weighted by molar-refractivity contribution is -0.404. The van der Waals surface area contributed by atoms with Gasteiger partial charge in [-0.1, -0.05) is 13.8 Å². The van der Waals surface area contributed by atoms with Gasteiger partial charge in [0.15, 0.2) is 31.5 Å². The van der Waals surface area contributed by atoms with Gasteiger partial charge in [-0.2, -0.15) is 0 Å². The van der Waals surface area contributed by atoms with E-state index >= 15 is 0 Å². The number of hydrogen-bond donors (Lipinski definition) is 17. The third kappa shape index (κ3) is 12.8. The molecule has 10 fully saturated rings. The van der Waals surface area contributed by atoms with Crippen LogP contribution in [0.1, 0.15) is 78.6 Å². The molecule has 31 nitrogen and oxygen atoms in total. The van der Waals surface area contributed by atoms with Gasteiger partial charge >= 0.3 is 5.97 Å². The molecule has 35 unspecified atom stereocenters. The molecule has 0 amide bonds. The van der Waals surface area contributed by atoms with Crippen molar-refractivity contribution in [3.8, 4) is 0 Å². The van der Waals surface area contributed by atoms with E-state index in [1.807, 2.05) is 0 Å². The number of esters is 1. The number of carbonyl (C=O) groups excluding carboxylic acids is 2. The molecule has 0 spiro atoms. The van der Waals surface area contributed by atoms with Crippen molar-refractivity contribution in [2.45, 2.75) is 244 Å². The number of hydrogen-bond acceptors (Lipinski definition) is 31. The van der Waals surface area contributed by atoms with Gasteiger partial charge in [0.1, 0.15) is 128 Å². The van der Waals surface area contributed by atoms with Gasteiger partial charge in [0, 0.05) is 20.1 Å². The van der Waals surface area contributed by atoms with Gasteiger partial charge in [0.25, 0.3) is 0 Å². The molecule has 0 aromatic carbocycles. The molecular formula is C57H93NO30. The van der Waals surface area contributed by atoms with Crippen LogP contribution in [0.15, 0.2) is 0 Å². The van der Waals surface area contributed by atoms with Crippen LogP contribution >= 0.6 is 0 Å². The molecule has 506 valence electrons. The fraction of sp³-hybridized carbons (Fsp3) is 0.965. The van der Waals surface area contributed by atoms with Gasteiger partial charge in [-0.15, -0.1) is 0 Å². The van der Waals surface area contributed by atoms with Crippen LogP contribution in [0.4, 0.5) is 0 Å². The maximum atomic E-state index is 14.3. The van der Waals surface area contributed by atoms with Crippen LogP contribution in [0.5, 0.6) is 0 Å². The predicted octanol–water partition coefficient (Wildman–Crippen LogP) is -7.18. The summed E-state index contributed by atoms with van der Waals surface area (Å²) in [7, 11) is 1.38. The molecular weight excluding hydrogens is 1180 g/mol. The van der Waals surface area contributed by atoms with Crippen molar-refractivity contribution in [2.24, 2.45) is 46.3 Å². The minimum atomic E-state index is -2.05. The molecule has 10 aliphatic rings. The maximum Gasteiger partial charge on any atom is 0.354 e. The average Bonchev–Trinajstić information content (AvgIpc) is 1.45. The predicted molar refractivity (Wildman–Crippen MR) is 287 cm³/mol. The Morgan fingerprint density at radius 3 is 1.75 bits per heavy atom. The maximum absolute atomic E-state index is 14.3. The van der Waals surface area contributed by atoms with E-state index in [1.165, 1.54) is 7.11 Å². The molecule has 31 heteroatoms.